The zero-order valence-electron chi connectivity index (χ0n) is 19.5. The number of sulfone groups is 1. The van der Waals surface area contributed by atoms with E-state index in [1.165, 1.54) is 21.5 Å². The van der Waals surface area contributed by atoms with Crippen molar-refractivity contribution >= 4 is 33.2 Å². The number of aromatic nitrogens is 4. The second kappa shape index (κ2) is 8.66. The molecule has 9 nitrogen and oxygen atoms in total. The number of nitrogens with zero attached hydrogens (tertiary/aromatic N) is 4. The zero-order valence-corrected chi connectivity index (χ0v) is 21.1. The van der Waals surface area contributed by atoms with Gasteiger partial charge in [0.25, 0.3) is 0 Å². The largest absolute Gasteiger partial charge is 0.403 e. The molecule has 0 atom stereocenters. The van der Waals surface area contributed by atoms with Crippen molar-refractivity contribution in [3.05, 3.63) is 57.0 Å². The van der Waals surface area contributed by atoms with Gasteiger partial charge < -0.3 is 4.74 Å². The number of hydrogen-bond donors (Lipinski definition) is 0. The predicted molar refractivity (Wildman–Crippen MR) is 125 cm³/mol. The van der Waals surface area contributed by atoms with Crippen LogP contribution in [0.5, 0.6) is 5.88 Å². The van der Waals surface area contributed by atoms with Crippen molar-refractivity contribution in [3.8, 4) is 5.88 Å². The summed E-state index contributed by atoms with van der Waals surface area (Å²) in [5.41, 5.74) is 1.98. The Morgan fingerprint density at radius 1 is 1.18 bits per heavy atom. The van der Waals surface area contributed by atoms with E-state index in [-0.39, 0.29) is 38.4 Å². The van der Waals surface area contributed by atoms with E-state index in [4.69, 9.17) is 16.3 Å². The molecule has 1 aliphatic rings. The van der Waals surface area contributed by atoms with Crippen molar-refractivity contribution in [1.82, 2.24) is 19.6 Å². The molecule has 0 aliphatic heterocycles. The molecule has 0 amide bonds. The molecule has 4 rings (SSSR count). The van der Waals surface area contributed by atoms with E-state index >= 15 is 0 Å². The summed E-state index contributed by atoms with van der Waals surface area (Å²) in [6.45, 7) is 3.46. The fourth-order valence-electron chi connectivity index (χ4n) is 4.03. The monoisotopic (exact) mass is 504 g/mol. The molecular formula is C23H25ClN4O5S. The van der Waals surface area contributed by atoms with Crippen LogP contribution in [0.25, 0.3) is 0 Å². The molecule has 1 saturated carbocycles. The summed E-state index contributed by atoms with van der Waals surface area (Å²) in [4.78, 5) is 26.8. The van der Waals surface area contributed by atoms with Crippen LogP contribution in [0, 0.1) is 6.92 Å². The standard InChI is InChI=1S/C23H25ClN4O5S/c1-6-14-17(34(5,31)32)10-9-15(19(14)24)21(29)18-20(13-7-8-13)26-28(4)22(18)33-23(30)16-11-27(3)25-12(16)2/h9-11,13H,6-8H2,1-5H3. The van der Waals surface area contributed by atoms with Crippen molar-refractivity contribution in [2.45, 2.75) is 43.9 Å². The minimum atomic E-state index is -3.53. The van der Waals surface area contributed by atoms with Gasteiger partial charge in [-0.15, -0.1) is 0 Å². The van der Waals surface area contributed by atoms with Crippen molar-refractivity contribution in [3.63, 3.8) is 0 Å². The SMILES string of the molecule is CCc1c(S(C)(=O)=O)ccc(C(=O)c2c(C3CC3)nn(C)c2OC(=O)c2cn(C)nc2C)c1Cl. The van der Waals surface area contributed by atoms with E-state index in [1.807, 2.05) is 0 Å². The molecule has 180 valence electrons. The quantitative estimate of drug-likeness (QED) is 0.358. The Morgan fingerprint density at radius 2 is 1.85 bits per heavy atom. The first-order chi connectivity index (χ1) is 15.9. The van der Waals surface area contributed by atoms with E-state index in [9.17, 15) is 18.0 Å². The maximum atomic E-state index is 13.8. The van der Waals surface area contributed by atoms with Gasteiger partial charge in [-0.3, -0.25) is 9.48 Å². The van der Waals surface area contributed by atoms with Crippen LogP contribution in [-0.4, -0.2) is 46.0 Å². The number of ether oxygens (including phenoxy) is 1. The second-order valence-corrected chi connectivity index (χ2v) is 10.9. The van der Waals surface area contributed by atoms with E-state index in [2.05, 4.69) is 10.2 Å². The smallest absolute Gasteiger partial charge is 0.348 e. The van der Waals surface area contributed by atoms with Crippen LogP contribution in [0.2, 0.25) is 5.02 Å². The Hall–Kier alpha value is -2.98. The first kappa shape index (κ1) is 24.2. The van der Waals surface area contributed by atoms with Crippen LogP contribution in [0.3, 0.4) is 0 Å². The third-order valence-electron chi connectivity index (χ3n) is 5.83. The Morgan fingerprint density at radius 3 is 2.38 bits per heavy atom. The molecule has 1 aliphatic carbocycles. The number of esters is 1. The minimum Gasteiger partial charge on any atom is -0.403 e. The van der Waals surface area contributed by atoms with E-state index in [1.54, 1.807) is 34.1 Å². The van der Waals surface area contributed by atoms with Crippen LogP contribution >= 0.6 is 11.6 Å². The van der Waals surface area contributed by atoms with Crippen molar-refractivity contribution in [1.29, 1.82) is 0 Å². The number of benzene rings is 1. The summed E-state index contributed by atoms with van der Waals surface area (Å²) < 4.78 is 32.9. The minimum absolute atomic E-state index is 0.0152. The molecule has 0 spiro atoms. The lowest BCUT2D eigenvalue weighted by Crippen LogP contribution is -2.15. The number of ketones is 1. The Labute approximate surface area is 202 Å². The average Bonchev–Trinajstić information content (AvgIpc) is 3.47. The number of rotatable bonds is 7. The van der Waals surface area contributed by atoms with Gasteiger partial charge in [0.15, 0.2) is 9.84 Å². The molecule has 3 aromatic rings. The molecule has 0 unspecified atom stereocenters. The fourth-order valence-corrected chi connectivity index (χ4v) is 5.48. The average molecular weight is 505 g/mol. The normalized spacial score (nSPS) is 13.8. The lowest BCUT2D eigenvalue weighted by molar-refractivity contribution is 0.0717. The summed E-state index contributed by atoms with van der Waals surface area (Å²) >= 11 is 6.57. The van der Waals surface area contributed by atoms with Crippen molar-refractivity contribution in [2.24, 2.45) is 14.1 Å². The van der Waals surface area contributed by atoms with Gasteiger partial charge in [-0.1, -0.05) is 18.5 Å². The van der Waals surface area contributed by atoms with E-state index < -0.39 is 21.6 Å². The van der Waals surface area contributed by atoms with E-state index in [0.717, 1.165) is 19.1 Å². The van der Waals surface area contributed by atoms with Gasteiger partial charge in [-0.25, -0.2) is 17.9 Å². The molecule has 0 radical (unpaired) electrons. The Balaban J connectivity index is 1.82. The molecule has 1 fully saturated rings. The molecule has 0 bridgehead atoms. The maximum absolute atomic E-state index is 13.8. The van der Waals surface area contributed by atoms with Gasteiger partial charge in [-0.05, 0) is 43.9 Å². The van der Waals surface area contributed by atoms with Gasteiger partial charge >= 0.3 is 5.97 Å². The first-order valence-electron chi connectivity index (χ1n) is 10.8. The lowest BCUT2D eigenvalue weighted by Gasteiger charge is -2.13. The van der Waals surface area contributed by atoms with Gasteiger partial charge in [-0.2, -0.15) is 10.2 Å². The van der Waals surface area contributed by atoms with Crippen LogP contribution < -0.4 is 4.74 Å². The summed E-state index contributed by atoms with van der Waals surface area (Å²) in [6, 6.07) is 2.80. The van der Waals surface area contributed by atoms with Crippen molar-refractivity contribution in [2.75, 3.05) is 6.26 Å². The van der Waals surface area contributed by atoms with Gasteiger partial charge in [0, 0.05) is 38.0 Å². The van der Waals surface area contributed by atoms with Gasteiger partial charge in [0.1, 0.15) is 11.1 Å². The topological polar surface area (TPSA) is 113 Å². The maximum Gasteiger partial charge on any atom is 0.348 e. The molecule has 2 aromatic heterocycles. The zero-order chi connectivity index (χ0) is 24.9. The molecule has 2 heterocycles. The first-order valence-corrected chi connectivity index (χ1v) is 13.1. The molecule has 0 N–H and O–H groups in total. The summed E-state index contributed by atoms with van der Waals surface area (Å²) in [6.07, 6.45) is 4.71. The highest BCUT2D eigenvalue weighted by Gasteiger charge is 2.37. The summed E-state index contributed by atoms with van der Waals surface area (Å²) in [5, 5.41) is 8.72. The van der Waals surface area contributed by atoms with Crippen molar-refractivity contribution < 1.29 is 22.7 Å². The summed E-state index contributed by atoms with van der Waals surface area (Å²) in [7, 11) is -0.229. The van der Waals surface area contributed by atoms with E-state index in [0.29, 0.717) is 23.4 Å². The number of carbonyl (C=O) groups excluding carboxylic acids is 2. The number of halogens is 1. The van der Waals surface area contributed by atoms with Gasteiger partial charge in [0.05, 0.1) is 21.3 Å². The van der Waals surface area contributed by atoms with Crippen LogP contribution in [0.1, 0.15) is 68.9 Å². The third-order valence-corrected chi connectivity index (χ3v) is 7.45. The lowest BCUT2D eigenvalue weighted by atomic mass is 9.98. The highest BCUT2D eigenvalue weighted by atomic mass is 35.5. The fraction of sp³-hybridized carbons (Fsp3) is 0.391. The van der Waals surface area contributed by atoms with Crippen LogP contribution in [-0.2, 0) is 30.4 Å². The number of aryl methyl sites for hydroxylation is 3. The Kier molecular flexibility index (Phi) is 6.15. The molecule has 1 aromatic carbocycles. The summed E-state index contributed by atoms with van der Waals surface area (Å²) in [5.74, 6) is -1.03. The molecule has 34 heavy (non-hydrogen) atoms. The van der Waals surface area contributed by atoms with Crippen LogP contribution in [0.15, 0.2) is 23.2 Å². The number of carbonyl (C=O) groups is 2. The molecular weight excluding hydrogens is 480 g/mol. The number of hydrogen-bond acceptors (Lipinski definition) is 7. The van der Waals surface area contributed by atoms with Gasteiger partial charge in [0.2, 0.25) is 11.7 Å². The highest BCUT2D eigenvalue weighted by Crippen LogP contribution is 2.44. The Bertz CT molecular complexity index is 1430. The predicted octanol–water partition coefficient (Wildman–Crippen LogP) is 3.41. The molecule has 11 heteroatoms. The highest BCUT2D eigenvalue weighted by molar-refractivity contribution is 7.90. The van der Waals surface area contributed by atoms with Crippen LogP contribution in [0.4, 0.5) is 0 Å². The third kappa shape index (κ3) is 4.27. The molecule has 0 saturated heterocycles. The second-order valence-electron chi connectivity index (χ2n) is 8.51.